The van der Waals surface area contributed by atoms with E-state index in [9.17, 15) is 24.3 Å². The lowest BCUT2D eigenvalue weighted by molar-refractivity contribution is -0.115. The second-order valence-electron chi connectivity index (χ2n) is 13.1. The Labute approximate surface area is 353 Å². The zero-order valence-electron chi connectivity index (χ0n) is 33.8. The van der Waals surface area contributed by atoms with Crippen LogP contribution < -0.4 is 36.6 Å². The number of halogens is 1. The van der Waals surface area contributed by atoms with E-state index in [1.807, 2.05) is 24.3 Å². The van der Waals surface area contributed by atoms with Crippen molar-refractivity contribution in [2.75, 3.05) is 48.7 Å². The third-order valence-corrected chi connectivity index (χ3v) is 10.4. The molecule has 0 bridgehead atoms. The van der Waals surface area contributed by atoms with Crippen molar-refractivity contribution < 1.29 is 29.0 Å². The number of amides is 6. The number of carbonyl (C=O) groups excluding carboxylic acids is 4. The third kappa shape index (κ3) is 21.8. The Kier molecular flexibility index (Phi) is 25.7. The lowest BCUT2D eigenvalue weighted by Gasteiger charge is -2.08. The van der Waals surface area contributed by atoms with E-state index in [-0.39, 0.29) is 29.6 Å². The van der Waals surface area contributed by atoms with E-state index in [1.165, 1.54) is 62.2 Å². The summed E-state index contributed by atoms with van der Waals surface area (Å²) in [7, 11) is 0. The van der Waals surface area contributed by atoms with E-state index < -0.39 is 0 Å². The molecule has 0 aliphatic carbocycles. The number of anilines is 2. The Hall–Kier alpha value is -4.22. The largest absolute Gasteiger partial charge is 0.506 e. The smallest absolute Gasteiger partial charge is 0.314 e. The summed E-state index contributed by atoms with van der Waals surface area (Å²) in [5.74, 6) is 0.568. The summed E-state index contributed by atoms with van der Waals surface area (Å²) >= 11 is 6.15. The predicted octanol–water partition coefficient (Wildman–Crippen LogP) is 9.29. The van der Waals surface area contributed by atoms with Gasteiger partial charge in [0.05, 0.1) is 16.0 Å². The number of thiazole rings is 2. The van der Waals surface area contributed by atoms with Gasteiger partial charge in [-0.1, -0.05) is 96.7 Å². The number of benzene rings is 2. The average Bonchev–Trinajstić information content (AvgIpc) is 3.79. The molecule has 0 fully saturated rings. The Morgan fingerprint density at radius 1 is 0.632 bits per heavy atom. The summed E-state index contributed by atoms with van der Waals surface area (Å²) in [5, 5.41) is 28.3. The Morgan fingerprint density at radius 3 is 1.56 bits per heavy atom. The van der Waals surface area contributed by atoms with Gasteiger partial charge in [-0.05, 0) is 69.2 Å². The monoisotopic (exact) mass is 892 g/mol. The number of aromatic nitrogens is 2. The average molecular weight is 894 g/mol. The van der Waals surface area contributed by atoms with Crippen molar-refractivity contribution in [3.05, 3.63) is 36.4 Å². The number of phenols is 1. The maximum Gasteiger partial charge on any atom is 0.314 e. The first-order chi connectivity index (χ1) is 27.6. The molecule has 57 heavy (non-hydrogen) atoms. The van der Waals surface area contributed by atoms with Crippen LogP contribution in [0.1, 0.15) is 105 Å². The van der Waals surface area contributed by atoms with Crippen molar-refractivity contribution in [3.63, 3.8) is 0 Å². The molecule has 0 saturated carbocycles. The van der Waals surface area contributed by atoms with Crippen molar-refractivity contribution in [2.45, 2.75) is 105 Å². The zero-order valence-corrected chi connectivity index (χ0v) is 37.0. The quantitative estimate of drug-likeness (QED) is 0.0299. The van der Waals surface area contributed by atoms with Crippen LogP contribution in [0, 0.1) is 0 Å². The number of fused-ring (bicyclic) bond motifs is 2. The molecule has 0 atom stereocenters. The van der Waals surface area contributed by atoms with E-state index >= 15 is 0 Å². The lowest BCUT2D eigenvalue weighted by atomic mass is 10.2. The lowest BCUT2D eigenvalue weighted by Crippen LogP contribution is -2.36. The number of ether oxygens (including phenoxy) is 1. The molecule has 2 aromatic carbocycles. The maximum absolute atomic E-state index is 11.6. The highest BCUT2D eigenvalue weighted by atomic mass is 79.9. The fourth-order valence-corrected chi connectivity index (χ4v) is 7.31. The minimum absolute atomic E-state index is 0.0232. The van der Waals surface area contributed by atoms with Crippen LogP contribution in [0.25, 0.3) is 20.4 Å². The molecule has 4 aromatic rings. The number of aromatic hydroxyl groups is 1. The standard InChI is InChI=1S/C20H30N4O3S.C11H23BrN2O.C9H8N2O2S/c1-3-4-6-12-21-19(26)22-13-7-5-8-14-27-16-10-9-11-17-18(16)24-20(28-17)23-15(2)25;1-2-3-6-9-13-11(15)14-10-7-4-5-8-12;1-5(12)10-9-11-8-6(13)3-2-4-7(8)14-9/h9-11H,3-8,12-14H2,1-2H3,(H2,21,22,26)(H,23,24,25);2-10H2,1H3,(H2,13,14,15);2-4,13H,1H3,(H,10,11,12). The van der Waals surface area contributed by atoms with Crippen molar-refractivity contribution in [3.8, 4) is 11.5 Å². The fraction of sp³-hybridized carbons (Fsp3) is 0.550. The first-order valence-electron chi connectivity index (χ1n) is 19.8. The molecule has 7 N–H and O–H groups in total. The molecule has 0 unspecified atom stereocenters. The van der Waals surface area contributed by atoms with Gasteiger partial charge in [0.1, 0.15) is 22.5 Å². The highest BCUT2D eigenvalue weighted by Crippen LogP contribution is 2.33. The molecule has 6 amide bonds. The number of nitrogens with one attached hydrogen (secondary N) is 6. The first-order valence-corrected chi connectivity index (χ1v) is 22.6. The molecule has 17 heteroatoms. The van der Waals surface area contributed by atoms with Gasteiger partial charge >= 0.3 is 12.1 Å². The van der Waals surface area contributed by atoms with Gasteiger partial charge in [0.15, 0.2) is 10.3 Å². The second-order valence-corrected chi connectivity index (χ2v) is 15.9. The van der Waals surface area contributed by atoms with Crippen molar-refractivity contribution in [1.82, 2.24) is 31.2 Å². The summed E-state index contributed by atoms with van der Waals surface area (Å²) in [6.07, 6.45) is 13.0. The molecule has 0 radical (unpaired) electrons. The van der Waals surface area contributed by atoms with Gasteiger partial charge in [0.2, 0.25) is 11.8 Å². The number of carbonyl (C=O) groups is 4. The molecule has 2 aromatic heterocycles. The fourth-order valence-electron chi connectivity index (χ4n) is 5.05. The van der Waals surface area contributed by atoms with Gasteiger partial charge in [-0.15, -0.1) is 0 Å². The minimum Gasteiger partial charge on any atom is -0.506 e. The van der Waals surface area contributed by atoms with E-state index in [4.69, 9.17) is 4.74 Å². The number of alkyl halides is 1. The molecule has 0 spiro atoms. The Balaban J connectivity index is 0.000000325. The molecule has 2 heterocycles. The number of phenolic OH excluding ortho intramolecular Hbond substituents is 1. The summed E-state index contributed by atoms with van der Waals surface area (Å²) in [4.78, 5) is 53.3. The van der Waals surface area contributed by atoms with Crippen LogP contribution in [0.5, 0.6) is 11.5 Å². The normalized spacial score (nSPS) is 10.4. The van der Waals surface area contributed by atoms with E-state index in [0.29, 0.717) is 28.9 Å². The number of hydrogen-bond acceptors (Lipinski definition) is 10. The van der Waals surface area contributed by atoms with Gasteiger partial charge < -0.3 is 41.7 Å². The first kappa shape index (κ1) is 48.9. The van der Waals surface area contributed by atoms with Crippen LogP contribution in [0.3, 0.4) is 0 Å². The molecule has 14 nitrogen and oxygen atoms in total. The van der Waals surface area contributed by atoms with Gasteiger partial charge in [-0.3, -0.25) is 9.59 Å². The highest BCUT2D eigenvalue weighted by Gasteiger charge is 2.10. The SMILES string of the molecule is CC(=O)Nc1nc2c(O)cccc2s1.CCCCCNC(=O)NCCCCCBr.CCCCCNC(=O)NCCCCCOc1cccc2sc(NC(C)=O)nc12. The highest BCUT2D eigenvalue weighted by molar-refractivity contribution is 9.09. The zero-order chi connectivity index (χ0) is 41.7. The van der Waals surface area contributed by atoms with E-state index in [2.05, 4.69) is 71.6 Å². The van der Waals surface area contributed by atoms with Crippen LogP contribution in [-0.4, -0.2) is 77.1 Å². The van der Waals surface area contributed by atoms with Crippen LogP contribution in [0.4, 0.5) is 19.9 Å². The third-order valence-electron chi connectivity index (χ3n) is 7.94. The molecular formula is C40H61BrN8O6S2. The van der Waals surface area contributed by atoms with E-state index in [0.717, 1.165) is 97.0 Å². The van der Waals surface area contributed by atoms with Gasteiger partial charge in [-0.2, -0.15) is 0 Å². The minimum atomic E-state index is -0.163. The molecule has 4 rings (SSSR count). The van der Waals surface area contributed by atoms with Crippen molar-refractivity contribution >= 4 is 93.2 Å². The molecule has 0 aliphatic rings. The second kappa shape index (κ2) is 29.9. The number of hydrogen-bond donors (Lipinski definition) is 7. The van der Waals surface area contributed by atoms with Crippen LogP contribution in [-0.2, 0) is 9.59 Å². The Bertz CT molecular complexity index is 1770. The van der Waals surface area contributed by atoms with Gasteiger partial charge in [0, 0.05) is 45.4 Å². The van der Waals surface area contributed by atoms with E-state index in [1.54, 1.807) is 12.1 Å². The number of para-hydroxylation sites is 2. The number of rotatable bonds is 22. The summed E-state index contributed by atoms with van der Waals surface area (Å²) in [6, 6.07) is 10.8. The van der Waals surface area contributed by atoms with Crippen LogP contribution in [0.15, 0.2) is 36.4 Å². The Morgan fingerprint density at radius 2 is 1.09 bits per heavy atom. The number of urea groups is 2. The molecule has 0 aliphatic heterocycles. The summed E-state index contributed by atoms with van der Waals surface area (Å²) in [6.45, 7) is 10.8. The van der Waals surface area contributed by atoms with Crippen LogP contribution >= 0.6 is 38.6 Å². The van der Waals surface area contributed by atoms with Crippen molar-refractivity contribution in [2.24, 2.45) is 0 Å². The summed E-state index contributed by atoms with van der Waals surface area (Å²) in [5.41, 5.74) is 1.30. The molecule has 0 saturated heterocycles. The van der Waals surface area contributed by atoms with Crippen molar-refractivity contribution in [1.29, 1.82) is 0 Å². The maximum atomic E-state index is 11.6. The van der Waals surface area contributed by atoms with Crippen LogP contribution in [0.2, 0.25) is 0 Å². The van der Waals surface area contributed by atoms with Gasteiger partial charge in [0.25, 0.3) is 0 Å². The molecular weight excluding hydrogens is 833 g/mol. The summed E-state index contributed by atoms with van der Waals surface area (Å²) < 4.78 is 7.71. The number of nitrogens with zero attached hydrogens (tertiary/aromatic N) is 2. The van der Waals surface area contributed by atoms with Gasteiger partial charge in [-0.25, -0.2) is 19.6 Å². The molecule has 316 valence electrons. The topological polar surface area (TPSA) is 196 Å². The predicted molar refractivity (Wildman–Crippen MR) is 238 cm³/mol. The number of unbranched alkanes of at least 4 members (excludes halogenated alkanes) is 8.